The molecule has 1 heterocycles. The number of hydrogen-bond donors (Lipinski definition) is 2. The van der Waals surface area contributed by atoms with Gasteiger partial charge in [0.05, 0.1) is 0 Å². The lowest BCUT2D eigenvalue weighted by Crippen LogP contribution is -2.52. The predicted molar refractivity (Wildman–Crippen MR) is 67.3 cm³/mol. The zero-order chi connectivity index (χ0) is 12.2. The number of carbonyl (C=O) groups is 1. The Balaban J connectivity index is 2.56. The number of nitrogens with one attached hydrogen (secondary N) is 2. The summed E-state index contributed by atoms with van der Waals surface area (Å²) in [6.45, 7) is 10.4. The fourth-order valence-electron chi connectivity index (χ4n) is 2.35. The molecule has 0 spiro atoms. The first-order chi connectivity index (χ1) is 7.40. The average Bonchev–Trinajstić information content (AvgIpc) is 2.17. The number of carbonyl (C=O) groups excluding carboxylic acids is 1. The van der Waals surface area contributed by atoms with Gasteiger partial charge in [0.15, 0.2) is 0 Å². The van der Waals surface area contributed by atoms with E-state index < -0.39 is 0 Å². The Morgan fingerprint density at radius 3 is 2.44 bits per heavy atom. The zero-order valence-electron chi connectivity index (χ0n) is 11.2. The van der Waals surface area contributed by atoms with Crippen molar-refractivity contribution in [2.45, 2.75) is 58.9 Å². The molecule has 0 bridgehead atoms. The highest BCUT2D eigenvalue weighted by Gasteiger charge is 2.36. The van der Waals surface area contributed by atoms with Crippen molar-refractivity contribution >= 4 is 5.91 Å². The van der Waals surface area contributed by atoms with E-state index in [0.717, 1.165) is 38.8 Å². The maximum atomic E-state index is 12.3. The van der Waals surface area contributed by atoms with E-state index in [9.17, 15) is 4.79 Å². The minimum absolute atomic E-state index is 0.0697. The summed E-state index contributed by atoms with van der Waals surface area (Å²) in [5, 5.41) is 6.50. The lowest BCUT2D eigenvalue weighted by atomic mass is 9.79. The summed E-state index contributed by atoms with van der Waals surface area (Å²) < 4.78 is 0. The van der Waals surface area contributed by atoms with Gasteiger partial charge in [-0.25, -0.2) is 0 Å². The molecule has 0 aromatic rings. The van der Waals surface area contributed by atoms with Crippen molar-refractivity contribution in [2.75, 3.05) is 13.1 Å². The van der Waals surface area contributed by atoms with Crippen molar-refractivity contribution in [3.05, 3.63) is 0 Å². The van der Waals surface area contributed by atoms with Crippen LogP contribution in [0.25, 0.3) is 0 Å². The molecule has 1 saturated heterocycles. The van der Waals surface area contributed by atoms with E-state index in [1.54, 1.807) is 0 Å². The van der Waals surface area contributed by atoms with Crippen molar-refractivity contribution in [2.24, 2.45) is 5.41 Å². The fourth-order valence-corrected chi connectivity index (χ4v) is 2.35. The van der Waals surface area contributed by atoms with Gasteiger partial charge in [0.1, 0.15) is 0 Å². The van der Waals surface area contributed by atoms with Crippen molar-refractivity contribution in [3.8, 4) is 0 Å². The van der Waals surface area contributed by atoms with Gasteiger partial charge in [-0.05, 0) is 46.2 Å². The van der Waals surface area contributed by atoms with Crippen molar-refractivity contribution in [1.82, 2.24) is 10.6 Å². The van der Waals surface area contributed by atoms with Gasteiger partial charge in [-0.1, -0.05) is 20.3 Å². The van der Waals surface area contributed by atoms with Gasteiger partial charge in [-0.3, -0.25) is 4.79 Å². The Morgan fingerprint density at radius 2 is 1.94 bits per heavy atom. The van der Waals surface area contributed by atoms with Crippen molar-refractivity contribution in [3.63, 3.8) is 0 Å². The summed E-state index contributed by atoms with van der Waals surface area (Å²) in [5.74, 6) is 0.229. The molecule has 2 N–H and O–H groups in total. The molecule has 0 unspecified atom stereocenters. The van der Waals surface area contributed by atoms with Crippen LogP contribution >= 0.6 is 0 Å². The van der Waals surface area contributed by atoms with Crippen LogP contribution in [0.2, 0.25) is 0 Å². The molecule has 94 valence electrons. The van der Waals surface area contributed by atoms with E-state index in [4.69, 9.17) is 0 Å². The smallest absolute Gasteiger partial charge is 0.226 e. The highest BCUT2D eigenvalue weighted by Crippen LogP contribution is 2.29. The van der Waals surface area contributed by atoms with Gasteiger partial charge in [-0.15, -0.1) is 0 Å². The molecule has 1 aliphatic rings. The van der Waals surface area contributed by atoms with Crippen LogP contribution in [0.15, 0.2) is 0 Å². The van der Waals surface area contributed by atoms with Gasteiger partial charge in [0, 0.05) is 11.0 Å². The number of rotatable bonds is 4. The molecule has 3 heteroatoms. The summed E-state index contributed by atoms with van der Waals surface area (Å²) in [6, 6.07) is 0. The molecule has 0 atom stereocenters. The molecule has 16 heavy (non-hydrogen) atoms. The molecule has 0 aromatic carbocycles. The normalized spacial score (nSPS) is 20.5. The number of hydrogen-bond acceptors (Lipinski definition) is 2. The maximum Gasteiger partial charge on any atom is 0.226 e. The second kappa shape index (κ2) is 5.17. The molecular weight excluding hydrogens is 200 g/mol. The highest BCUT2D eigenvalue weighted by atomic mass is 16.2. The molecule has 3 nitrogen and oxygen atoms in total. The van der Waals surface area contributed by atoms with Crippen LogP contribution in [-0.2, 0) is 4.79 Å². The van der Waals surface area contributed by atoms with Crippen molar-refractivity contribution < 1.29 is 4.79 Å². The van der Waals surface area contributed by atoms with E-state index in [2.05, 4.69) is 38.3 Å². The first kappa shape index (κ1) is 13.5. The average molecular weight is 226 g/mol. The molecular formula is C13H26N2O. The third-order valence-corrected chi connectivity index (χ3v) is 3.58. The maximum absolute atomic E-state index is 12.3. The van der Waals surface area contributed by atoms with E-state index >= 15 is 0 Å². The van der Waals surface area contributed by atoms with Crippen LogP contribution in [0.5, 0.6) is 0 Å². The Morgan fingerprint density at radius 1 is 1.38 bits per heavy atom. The molecule has 0 aliphatic carbocycles. The fraction of sp³-hybridized carbons (Fsp3) is 0.923. The summed E-state index contributed by atoms with van der Waals surface area (Å²) in [4.78, 5) is 12.3. The molecule has 1 rings (SSSR count). The Bertz CT molecular complexity index is 242. The van der Waals surface area contributed by atoms with Gasteiger partial charge in [0.2, 0.25) is 5.91 Å². The van der Waals surface area contributed by atoms with E-state index in [1.807, 2.05) is 0 Å². The van der Waals surface area contributed by atoms with Gasteiger partial charge in [0.25, 0.3) is 0 Å². The molecule has 1 fully saturated rings. The third kappa shape index (κ3) is 3.48. The quantitative estimate of drug-likeness (QED) is 0.770. The lowest BCUT2D eigenvalue weighted by molar-refractivity contribution is -0.133. The molecule has 0 radical (unpaired) electrons. The molecule has 0 saturated carbocycles. The van der Waals surface area contributed by atoms with Gasteiger partial charge in [-0.2, -0.15) is 0 Å². The van der Waals surface area contributed by atoms with E-state index in [-0.39, 0.29) is 16.9 Å². The van der Waals surface area contributed by atoms with Crippen molar-refractivity contribution in [1.29, 1.82) is 0 Å². The second-order valence-electron chi connectivity index (χ2n) is 5.90. The molecule has 1 aliphatic heterocycles. The third-order valence-electron chi connectivity index (χ3n) is 3.58. The minimum Gasteiger partial charge on any atom is -0.351 e. The Labute approximate surface area is 99.4 Å². The molecule has 0 aromatic heterocycles. The second-order valence-corrected chi connectivity index (χ2v) is 5.90. The van der Waals surface area contributed by atoms with E-state index in [0.29, 0.717) is 0 Å². The van der Waals surface area contributed by atoms with Crippen LogP contribution in [0.1, 0.15) is 53.4 Å². The summed E-state index contributed by atoms with van der Waals surface area (Å²) in [6.07, 6.45) is 4.03. The van der Waals surface area contributed by atoms with Crippen LogP contribution in [0, 0.1) is 5.41 Å². The summed E-state index contributed by atoms with van der Waals surface area (Å²) >= 11 is 0. The summed E-state index contributed by atoms with van der Waals surface area (Å²) in [5.41, 5.74) is -0.240. The van der Waals surface area contributed by atoms with Crippen LogP contribution in [0.3, 0.4) is 0 Å². The first-order valence-electron chi connectivity index (χ1n) is 6.43. The predicted octanol–water partition coefficient (Wildman–Crippen LogP) is 2.07. The standard InChI is InChI=1S/C13H26N2O/c1-5-6-12(2,3)15-11(16)13(4)7-9-14-10-8-13/h14H,5-10H2,1-4H3,(H,15,16). The largest absolute Gasteiger partial charge is 0.351 e. The highest BCUT2D eigenvalue weighted by molar-refractivity contribution is 5.83. The zero-order valence-corrected chi connectivity index (χ0v) is 11.2. The minimum atomic E-state index is -0.170. The molecule has 1 amide bonds. The lowest BCUT2D eigenvalue weighted by Gasteiger charge is -2.36. The van der Waals surface area contributed by atoms with Crippen LogP contribution < -0.4 is 10.6 Å². The Kier molecular flexibility index (Phi) is 4.36. The van der Waals surface area contributed by atoms with Crippen LogP contribution in [0.4, 0.5) is 0 Å². The number of amides is 1. The first-order valence-corrected chi connectivity index (χ1v) is 6.43. The number of piperidine rings is 1. The van der Waals surface area contributed by atoms with Gasteiger partial charge >= 0.3 is 0 Å². The van der Waals surface area contributed by atoms with Gasteiger partial charge < -0.3 is 10.6 Å². The topological polar surface area (TPSA) is 41.1 Å². The van der Waals surface area contributed by atoms with E-state index in [1.165, 1.54) is 0 Å². The monoisotopic (exact) mass is 226 g/mol. The Hall–Kier alpha value is -0.570. The SMILES string of the molecule is CCCC(C)(C)NC(=O)C1(C)CCNCC1. The van der Waals surface area contributed by atoms with Crippen LogP contribution in [-0.4, -0.2) is 24.5 Å². The summed E-state index contributed by atoms with van der Waals surface area (Å²) in [7, 11) is 0.